The topological polar surface area (TPSA) is 78.4 Å². The fourth-order valence-corrected chi connectivity index (χ4v) is 3.72. The number of nitrogens with one attached hydrogen (secondary N) is 1. The van der Waals surface area contributed by atoms with Crippen LogP contribution in [0, 0.1) is 0 Å². The molecule has 2 aromatic carbocycles. The summed E-state index contributed by atoms with van der Waals surface area (Å²) < 4.78 is 91.9. The van der Waals surface area contributed by atoms with Gasteiger partial charge in [-0.3, -0.25) is 9.48 Å². The van der Waals surface area contributed by atoms with Gasteiger partial charge in [-0.1, -0.05) is 0 Å². The summed E-state index contributed by atoms with van der Waals surface area (Å²) in [5.74, 6) is -0.492. The maximum Gasteiger partial charge on any atom is 0.573 e. The highest BCUT2D eigenvalue weighted by Gasteiger charge is 2.31. The lowest BCUT2D eigenvalue weighted by Crippen LogP contribution is -2.21. The normalized spacial score (nSPS) is 12.1. The van der Waals surface area contributed by atoms with Crippen molar-refractivity contribution in [2.75, 3.05) is 6.61 Å². The van der Waals surface area contributed by atoms with E-state index in [2.05, 4.69) is 14.8 Å². The van der Waals surface area contributed by atoms with Crippen LogP contribution in [0.1, 0.15) is 18.3 Å². The van der Waals surface area contributed by atoms with Gasteiger partial charge in [0.1, 0.15) is 24.7 Å². The average molecular weight is 541 g/mol. The monoisotopic (exact) mass is 541 g/mol. The van der Waals surface area contributed by atoms with E-state index < -0.39 is 24.8 Å². The molecule has 0 saturated carbocycles. The number of hydrogen-bond donors (Lipinski definition) is 1. The number of aromatic amines is 1. The summed E-state index contributed by atoms with van der Waals surface area (Å²) in [6.07, 6.45) is -9.38. The van der Waals surface area contributed by atoms with E-state index in [0.717, 1.165) is 22.2 Å². The number of fused-ring (bicyclic) bond motifs is 1. The second-order valence-corrected chi connectivity index (χ2v) is 8.18. The first-order valence-corrected chi connectivity index (χ1v) is 11.3. The Morgan fingerprint density at radius 3 is 2.34 bits per heavy atom. The maximum absolute atomic E-state index is 13.2. The smallest absolute Gasteiger partial charge is 0.487 e. The van der Waals surface area contributed by atoms with Crippen LogP contribution in [0.15, 0.2) is 54.6 Å². The lowest BCUT2D eigenvalue weighted by Gasteiger charge is -2.11. The molecule has 2 aromatic heterocycles. The molecule has 0 radical (unpaired) electrons. The Kier molecular flexibility index (Phi) is 7.56. The van der Waals surface area contributed by atoms with Crippen molar-refractivity contribution < 1.29 is 45.3 Å². The first-order valence-electron chi connectivity index (χ1n) is 11.3. The van der Waals surface area contributed by atoms with E-state index >= 15 is 0 Å². The summed E-state index contributed by atoms with van der Waals surface area (Å²) in [7, 11) is 0. The minimum atomic E-state index is -4.87. The first-order chi connectivity index (χ1) is 17.9. The summed E-state index contributed by atoms with van der Waals surface area (Å²) in [5.41, 5.74) is 1.81. The number of halogens is 6. The summed E-state index contributed by atoms with van der Waals surface area (Å²) in [4.78, 5) is 14.8. The SMILES string of the molecule is CCOC(=O)Cc1cc2ccc(OCc3cc(-c4ccc(OC(F)(F)F)cc4)nn3CC(F)(F)F)cc2[nH]1. The van der Waals surface area contributed by atoms with Crippen molar-refractivity contribution in [2.24, 2.45) is 0 Å². The average Bonchev–Trinajstić information content (AvgIpc) is 3.38. The number of esters is 1. The zero-order chi connectivity index (χ0) is 27.5. The number of benzene rings is 2. The summed E-state index contributed by atoms with van der Waals surface area (Å²) in [6, 6.07) is 12.8. The molecule has 2 heterocycles. The highest BCUT2D eigenvalue weighted by molar-refractivity contribution is 5.83. The van der Waals surface area contributed by atoms with Crippen molar-refractivity contribution in [2.45, 2.75) is 39.0 Å². The molecule has 0 spiro atoms. The van der Waals surface area contributed by atoms with Gasteiger partial charge in [0, 0.05) is 22.8 Å². The van der Waals surface area contributed by atoms with Gasteiger partial charge in [-0.25, -0.2) is 0 Å². The molecule has 0 atom stereocenters. The molecule has 7 nitrogen and oxygen atoms in total. The molecule has 0 fully saturated rings. The molecule has 0 amide bonds. The molecule has 0 aliphatic rings. The van der Waals surface area contributed by atoms with Crippen molar-refractivity contribution in [1.29, 1.82) is 0 Å². The van der Waals surface area contributed by atoms with Crippen LogP contribution in [-0.4, -0.2) is 39.9 Å². The van der Waals surface area contributed by atoms with Gasteiger partial charge in [0.15, 0.2) is 0 Å². The molecule has 0 unspecified atom stereocenters. The fourth-order valence-electron chi connectivity index (χ4n) is 3.72. The van der Waals surface area contributed by atoms with E-state index in [1.807, 2.05) is 0 Å². The standard InChI is InChI=1S/C25H21F6N3O4/c1-2-36-23(35)10-17-9-16-5-8-20(12-21(16)32-17)37-13-18-11-22(33-34(18)14-24(26,27)28)15-3-6-19(7-4-15)38-25(29,30)31/h3-9,11-12,32H,2,10,13-14H2,1H3. The third kappa shape index (κ3) is 7.20. The van der Waals surface area contributed by atoms with Crippen LogP contribution < -0.4 is 9.47 Å². The predicted molar refractivity (Wildman–Crippen MR) is 123 cm³/mol. The summed E-state index contributed by atoms with van der Waals surface area (Å²) in [6.45, 7) is 0.329. The quantitative estimate of drug-likeness (QED) is 0.202. The Morgan fingerprint density at radius 2 is 1.68 bits per heavy atom. The highest BCUT2D eigenvalue weighted by Crippen LogP contribution is 2.29. The van der Waals surface area contributed by atoms with E-state index in [-0.39, 0.29) is 37.0 Å². The van der Waals surface area contributed by atoms with Gasteiger partial charge < -0.3 is 19.2 Å². The van der Waals surface area contributed by atoms with Crippen LogP contribution in [0.4, 0.5) is 26.3 Å². The number of ether oxygens (including phenoxy) is 3. The van der Waals surface area contributed by atoms with Gasteiger partial charge in [-0.05, 0) is 60.8 Å². The lowest BCUT2D eigenvalue weighted by atomic mass is 10.1. The number of H-pyrrole nitrogens is 1. The highest BCUT2D eigenvalue weighted by atomic mass is 19.4. The minimum Gasteiger partial charge on any atom is -0.487 e. The summed E-state index contributed by atoms with van der Waals surface area (Å²) >= 11 is 0. The van der Waals surface area contributed by atoms with Crippen LogP contribution in [0.5, 0.6) is 11.5 Å². The van der Waals surface area contributed by atoms with Gasteiger partial charge in [0.05, 0.1) is 24.4 Å². The molecule has 0 saturated heterocycles. The lowest BCUT2D eigenvalue weighted by molar-refractivity contribution is -0.274. The predicted octanol–water partition coefficient (Wildman–Crippen LogP) is 6.18. The van der Waals surface area contributed by atoms with Crippen LogP contribution in [0.25, 0.3) is 22.2 Å². The van der Waals surface area contributed by atoms with Gasteiger partial charge in [-0.15, -0.1) is 13.2 Å². The second kappa shape index (κ2) is 10.7. The van der Waals surface area contributed by atoms with E-state index in [1.165, 1.54) is 18.2 Å². The maximum atomic E-state index is 13.2. The zero-order valence-corrected chi connectivity index (χ0v) is 19.8. The van der Waals surface area contributed by atoms with Crippen molar-refractivity contribution >= 4 is 16.9 Å². The second-order valence-electron chi connectivity index (χ2n) is 8.18. The van der Waals surface area contributed by atoms with E-state index in [0.29, 0.717) is 22.5 Å². The van der Waals surface area contributed by atoms with Crippen molar-refractivity contribution in [3.8, 4) is 22.8 Å². The molecule has 0 aliphatic carbocycles. The minimum absolute atomic E-state index is 0.0570. The van der Waals surface area contributed by atoms with E-state index in [1.54, 1.807) is 31.2 Å². The number of nitrogens with zero attached hydrogens (tertiary/aromatic N) is 2. The number of hydrogen-bond acceptors (Lipinski definition) is 5. The molecular weight excluding hydrogens is 520 g/mol. The van der Waals surface area contributed by atoms with Crippen LogP contribution >= 0.6 is 0 Å². The molecular formula is C25H21F6N3O4. The molecule has 0 bridgehead atoms. The van der Waals surface area contributed by atoms with Gasteiger partial charge in [0.25, 0.3) is 0 Å². The Hall–Kier alpha value is -4.16. The van der Waals surface area contributed by atoms with Crippen LogP contribution in [-0.2, 0) is 29.1 Å². The Labute approximate surface area is 211 Å². The molecule has 1 N–H and O–H groups in total. The molecule has 0 aliphatic heterocycles. The first kappa shape index (κ1) is 26.9. The van der Waals surface area contributed by atoms with Crippen LogP contribution in [0.3, 0.4) is 0 Å². The Balaban J connectivity index is 1.52. The molecule has 4 rings (SSSR count). The van der Waals surface area contributed by atoms with Crippen LogP contribution in [0.2, 0.25) is 0 Å². The molecule has 4 aromatic rings. The third-order valence-electron chi connectivity index (χ3n) is 5.25. The molecule has 13 heteroatoms. The third-order valence-corrected chi connectivity index (χ3v) is 5.25. The van der Waals surface area contributed by atoms with E-state index in [9.17, 15) is 31.1 Å². The van der Waals surface area contributed by atoms with Crippen molar-refractivity contribution in [3.05, 3.63) is 66.0 Å². The van der Waals surface area contributed by atoms with Gasteiger partial charge in [-0.2, -0.15) is 18.3 Å². The van der Waals surface area contributed by atoms with Gasteiger partial charge >= 0.3 is 18.5 Å². The number of aromatic nitrogens is 3. The van der Waals surface area contributed by atoms with E-state index in [4.69, 9.17) is 9.47 Å². The number of carbonyl (C=O) groups excluding carboxylic acids is 1. The largest absolute Gasteiger partial charge is 0.573 e. The van der Waals surface area contributed by atoms with Gasteiger partial charge in [0.2, 0.25) is 0 Å². The summed E-state index contributed by atoms with van der Waals surface area (Å²) in [5, 5.41) is 4.79. The Morgan fingerprint density at radius 1 is 0.974 bits per heavy atom. The molecule has 202 valence electrons. The molecule has 38 heavy (non-hydrogen) atoms. The number of rotatable bonds is 9. The van der Waals surface area contributed by atoms with Crippen molar-refractivity contribution in [3.63, 3.8) is 0 Å². The Bertz CT molecular complexity index is 1410. The number of alkyl halides is 6. The zero-order valence-electron chi connectivity index (χ0n) is 19.8. The number of carbonyl (C=O) groups is 1. The fraction of sp³-hybridized carbons (Fsp3) is 0.280. The van der Waals surface area contributed by atoms with Crippen molar-refractivity contribution in [1.82, 2.24) is 14.8 Å².